The first-order chi connectivity index (χ1) is 14.0. The lowest BCUT2D eigenvalue weighted by Crippen LogP contribution is -2.46. The second-order valence-electron chi connectivity index (χ2n) is 10.8. The van der Waals surface area contributed by atoms with Crippen LogP contribution in [0.1, 0.15) is 94.4 Å². The van der Waals surface area contributed by atoms with Crippen molar-refractivity contribution in [1.82, 2.24) is 0 Å². The van der Waals surface area contributed by atoms with Crippen molar-refractivity contribution in [2.24, 2.45) is 16.2 Å². The predicted octanol–water partition coefficient (Wildman–Crippen LogP) is 4.44. The molecule has 0 spiro atoms. The number of hydrogen-bond donors (Lipinski definition) is 1. The van der Waals surface area contributed by atoms with Crippen LogP contribution < -0.4 is 0 Å². The molecule has 0 aliphatic carbocycles. The second kappa shape index (κ2) is 11.8. The molecular weight excluding hydrogens is 400 g/mol. The number of aliphatic hydroxyl groups is 1. The van der Waals surface area contributed by atoms with Gasteiger partial charge in [-0.2, -0.15) is 0 Å². The first-order valence-corrected chi connectivity index (χ1v) is 11.2. The van der Waals surface area contributed by atoms with Crippen molar-refractivity contribution in [3.63, 3.8) is 0 Å². The maximum atomic E-state index is 12.7. The highest BCUT2D eigenvalue weighted by Crippen LogP contribution is 2.26. The third-order valence-electron chi connectivity index (χ3n) is 5.97. The molecule has 0 fully saturated rings. The largest absolute Gasteiger partial charge is 0.465 e. The third kappa shape index (κ3) is 11.5. The molecule has 0 aromatic rings. The molecule has 0 aromatic heterocycles. The van der Waals surface area contributed by atoms with E-state index >= 15 is 0 Å². The van der Waals surface area contributed by atoms with Crippen molar-refractivity contribution in [3.05, 3.63) is 0 Å². The van der Waals surface area contributed by atoms with Gasteiger partial charge >= 0.3 is 17.9 Å². The maximum absolute atomic E-state index is 12.7. The van der Waals surface area contributed by atoms with Crippen LogP contribution in [0.5, 0.6) is 0 Å². The summed E-state index contributed by atoms with van der Waals surface area (Å²) in [4.78, 5) is 37.5. The number of carbonyl (C=O) groups excluding carboxylic acids is 3. The Morgan fingerprint density at radius 1 is 0.613 bits per heavy atom. The lowest BCUT2D eigenvalue weighted by atomic mass is 9.90. The lowest BCUT2D eigenvalue weighted by molar-refractivity contribution is -0.181. The minimum absolute atomic E-state index is 0.0560. The van der Waals surface area contributed by atoms with Crippen molar-refractivity contribution in [1.29, 1.82) is 0 Å². The monoisotopic (exact) mass is 444 g/mol. The Morgan fingerprint density at radius 2 is 0.903 bits per heavy atom. The van der Waals surface area contributed by atoms with E-state index in [2.05, 4.69) is 0 Å². The van der Waals surface area contributed by atoms with Crippen molar-refractivity contribution < 1.29 is 33.7 Å². The van der Waals surface area contributed by atoms with Crippen LogP contribution in [0.3, 0.4) is 0 Å². The number of ether oxygens (including phenoxy) is 3. The SMILES string of the molecule is CCC(C)(C)COC(=O)CC(O)(CC(=O)OCC(C)(C)CC)C(=O)OCC(C)(C)CC. The van der Waals surface area contributed by atoms with E-state index in [0.717, 1.165) is 19.3 Å². The van der Waals surface area contributed by atoms with E-state index in [4.69, 9.17) is 14.2 Å². The van der Waals surface area contributed by atoms with Crippen LogP contribution >= 0.6 is 0 Å². The highest BCUT2D eigenvalue weighted by molar-refractivity contribution is 5.90. The van der Waals surface area contributed by atoms with Gasteiger partial charge in [-0.25, -0.2) is 4.79 Å². The van der Waals surface area contributed by atoms with Gasteiger partial charge in [-0.3, -0.25) is 9.59 Å². The van der Waals surface area contributed by atoms with Gasteiger partial charge in [0.2, 0.25) is 0 Å². The van der Waals surface area contributed by atoms with E-state index in [1.807, 2.05) is 62.3 Å². The average molecular weight is 445 g/mol. The summed E-state index contributed by atoms with van der Waals surface area (Å²) >= 11 is 0. The molecule has 0 bridgehead atoms. The summed E-state index contributed by atoms with van der Waals surface area (Å²) in [5.41, 5.74) is -3.10. The fourth-order valence-corrected chi connectivity index (χ4v) is 2.04. The van der Waals surface area contributed by atoms with E-state index < -0.39 is 36.4 Å². The summed E-state index contributed by atoms with van der Waals surface area (Å²) in [7, 11) is 0. The molecule has 1 N–H and O–H groups in total. The molecule has 7 heteroatoms. The van der Waals surface area contributed by atoms with Crippen LogP contribution in [0, 0.1) is 16.2 Å². The Bertz CT molecular complexity index is 571. The Labute approximate surface area is 188 Å². The lowest BCUT2D eigenvalue weighted by Gasteiger charge is -2.29. The molecule has 0 unspecified atom stereocenters. The summed E-state index contributed by atoms with van der Waals surface area (Å²) in [5.74, 6) is -2.55. The summed E-state index contributed by atoms with van der Waals surface area (Å²) in [6.07, 6.45) is 0.979. The fraction of sp³-hybridized carbons (Fsp3) is 0.875. The summed E-state index contributed by atoms with van der Waals surface area (Å²) in [5, 5.41) is 11.0. The van der Waals surface area contributed by atoms with Crippen LogP contribution in [0.2, 0.25) is 0 Å². The summed E-state index contributed by atoms with van der Waals surface area (Å²) in [6.45, 7) is 17.9. The standard InChI is InChI=1S/C24H44O7/c1-10-21(4,5)15-29-18(25)13-24(28,20(27)31-17-23(8,9)12-3)14-19(26)30-16-22(6,7)11-2/h28H,10-17H2,1-9H3. The minimum Gasteiger partial charge on any atom is -0.465 e. The quantitative estimate of drug-likeness (QED) is 0.312. The van der Waals surface area contributed by atoms with Crippen molar-refractivity contribution >= 4 is 17.9 Å². The predicted molar refractivity (Wildman–Crippen MR) is 119 cm³/mol. The van der Waals surface area contributed by atoms with Crippen molar-refractivity contribution in [3.8, 4) is 0 Å². The van der Waals surface area contributed by atoms with Crippen LogP contribution in [0.15, 0.2) is 0 Å². The van der Waals surface area contributed by atoms with Crippen molar-refractivity contribution in [2.45, 2.75) is 100 Å². The van der Waals surface area contributed by atoms with Crippen LogP contribution in [-0.4, -0.2) is 48.4 Å². The Morgan fingerprint density at radius 3 is 1.19 bits per heavy atom. The van der Waals surface area contributed by atoms with E-state index in [1.54, 1.807) is 0 Å². The summed E-state index contributed by atoms with van der Waals surface area (Å²) in [6, 6.07) is 0. The van der Waals surface area contributed by atoms with Crippen LogP contribution in [-0.2, 0) is 28.6 Å². The molecule has 7 nitrogen and oxygen atoms in total. The third-order valence-corrected chi connectivity index (χ3v) is 5.97. The molecule has 0 atom stereocenters. The molecule has 0 saturated carbocycles. The van der Waals surface area contributed by atoms with Crippen molar-refractivity contribution in [2.75, 3.05) is 19.8 Å². The van der Waals surface area contributed by atoms with E-state index in [-0.39, 0.29) is 36.1 Å². The fourth-order valence-electron chi connectivity index (χ4n) is 2.04. The molecule has 0 amide bonds. The zero-order chi connectivity index (χ0) is 24.5. The van der Waals surface area contributed by atoms with Gasteiger partial charge in [-0.1, -0.05) is 62.3 Å². The number of rotatable bonds is 14. The molecule has 0 heterocycles. The Balaban J connectivity index is 5.33. The number of esters is 3. The first-order valence-electron chi connectivity index (χ1n) is 11.2. The van der Waals surface area contributed by atoms with Gasteiger partial charge in [0, 0.05) is 0 Å². The van der Waals surface area contributed by atoms with Crippen LogP contribution in [0.4, 0.5) is 0 Å². The number of carbonyl (C=O) groups is 3. The molecule has 0 radical (unpaired) electrons. The molecule has 0 aliphatic heterocycles. The first kappa shape index (κ1) is 29.4. The van der Waals surface area contributed by atoms with Gasteiger partial charge in [0.25, 0.3) is 0 Å². The molecule has 31 heavy (non-hydrogen) atoms. The minimum atomic E-state index is -2.34. The Kier molecular flexibility index (Phi) is 11.2. The van der Waals surface area contributed by atoms with Gasteiger partial charge in [-0.05, 0) is 35.5 Å². The Hall–Kier alpha value is -1.63. The molecule has 0 saturated heterocycles. The molecule has 182 valence electrons. The highest BCUT2D eigenvalue weighted by Gasteiger charge is 2.44. The van der Waals surface area contributed by atoms with Gasteiger partial charge in [0.05, 0.1) is 32.7 Å². The average Bonchev–Trinajstić information content (AvgIpc) is 2.69. The number of hydrogen-bond acceptors (Lipinski definition) is 7. The maximum Gasteiger partial charge on any atom is 0.339 e. The van der Waals surface area contributed by atoms with Gasteiger partial charge in [0.1, 0.15) is 0 Å². The normalized spacial score (nSPS) is 13.0. The van der Waals surface area contributed by atoms with Gasteiger partial charge < -0.3 is 19.3 Å². The molecular formula is C24H44O7. The van der Waals surface area contributed by atoms with Gasteiger partial charge in [-0.15, -0.1) is 0 Å². The van der Waals surface area contributed by atoms with Crippen LogP contribution in [0.25, 0.3) is 0 Å². The topological polar surface area (TPSA) is 99.1 Å². The van der Waals surface area contributed by atoms with E-state index in [0.29, 0.717) is 0 Å². The zero-order valence-electron chi connectivity index (χ0n) is 21.1. The zero-order valence-corrected chi connectivity index (χ0v) is 21.1. The summed E-state index contributed by atoms with van der Waals surface area (Å²) < 4.78 is 15.8. The second-order valence-corrected chi connectivity index (χ2v) is 10.8. The van der Waals surface area contributed by atoms with Gasteiger partial charge in [0.15, 0.2) is 5.60 Å². The molecule has 0 aliphatic rings. The van der Waals surface area contributed by atoms with E-state index in [9.17, 15) is 19.5 Å². The molecule has 0 aromatic carbocycles. The van der Waals surface area contributed by atoms with E-state index in [1.165, 1.54) is 0 Å². The molecule has 0 rings (SSSR count). The smallest absolute Gasteiger partial charge is 0.339 e. The highest BCUT2D eigenvalue weighted by atomic mass is 16.6.